The van der Waals surface area contributed by atoms with Gasteiger partial charge in [-0.1, -0.05) is 32.8 Å². The Balaban J connectivity index is 1.72. The van der Waals surface area contributed by atoms with Gasteiger partial charge in [0.15, 0.2) is 0 Å². The lowest BCUT2D eigenvalue weighted by Crippen LogP contribution is -2.05. The minimum atomic E-state index is 0.827. The molecule has 1 N–H and O–H groups in total. The van der Waals surface area contributed by atoms with Gasteiger partial charge >= 0.3 is 0 Å². The molecule has 0 fully saturated rings. The number of hydrogen-bond acceptors (Lipinski definition) is 2. The van der Waals surface area contributed by atoms with Crippen molar-refractivity contribution in [2.24, 2.45) is 5.92 Å². The zero-order valence-electron chi connectivity index (χ0n) is 11.1. The monoisotopic (exact) mass is 232 g/mol. The summed E-state index contributed by atoms with van der Waals surface area (Å²) in [4.78, 5) is 4.67. The van der Waals surface area contributed by atoms with E-state index >= 15 is 0 Å². The number of anilines is 1. The van der Waals surface area contributed by atoms with Crippen LogP contribution in [0.2, 0.25) is 0 Å². The standard InChI is InChI=1S/C15H24N2/c1-12(2)6-3-4-11-16-15-10-9-13-7-5-8-14(13)17-15/h9-10,12H,3-8,11H2,1-2H3,(H,16,17). The smallest absolute Gasteiger partial charge is 0.126 e. The zero-order valence-corrected chi connectivity index (χ0v) is 11.1. The van der Waals surface area contributed by atoms with Crippen LogP contribution in [0.25, 0.3) is 0 Å². The number of hydrogen-bond donors (Lipinski definition) is 1. The second kappa shape index (κ2) is 6.04. The van der Waals surface area contributed by atoms with Crippen LogP contribution in [-0.4, -0.2) is 11.5 Å². The van der Waals surface area contributed by atoms with Crippen LogP contribution in [-0.2, 0) is 12.8 Å². The predicted molar refractivity (Wildman–Crippen MR) is 73.4 cm³/mol. The summed E-state index contributed by atoms with van der Waals surface area (Å²) in [5.74, 6) is 1.89. The van der Waals surface area contributed by atoms with Gasteiger partial charge in [0.05, 0.1) is 0 Å². The van der Waals surface area contributed by atoms with E-state index in [-0.39, 0.29) is 0 Å². The molecule has 0 saturated heterocycles. The molecule has 0 atom stereocenters. The minimum Gasteiger partial charge on any atom is -0.370 e. The molecule has 1 aliphatic carbocycles. The molecule has 1 aliphatic rings. The van der Waals surface area contributed by atoms with Crippen molar-refractivity contribution in [1.82, 2.24) is 4.98 Å². The van der Waals surface area contributed by atoms with Crippen molar-refractivity contribution in [2.45, 2.75) is 52.4 Å². The van der Waals surface area contributed by atoms with E-state index in [0.717, 1.165) is 24.7 Å². The van der Waals surface area contributed by atoms with Crippen molar-refractivity contribution in [3.8, 4) is 0 Å². The Kier molecular flexibility index (Phi) is 4.41. The van der Waals surface area contributed by atoms with Crippen LogP contribution in [0.1, 0.15) is 50.8 Å². The van der Waals surface area contributed by atoms with Crippen molar-refractivity contribution < 1.29 is 0 Å². The molecule has 0 aliphatic heterocycles. The number of fused-ring (bicyclic) bond motifs is 1. The normalized spacial score (nSPS) is 14.1. The number of aryl methyl sites for hydroxylation is 2. The lowest BCUT2D eigenvalue weighted by atomic mass is 10.1. The SMILES string of the molecule is CC(C)CCCCNc1ccc2c(n1)CCC2. The van der Waals surface area contributed by atoms with Gasteiger partial charge in [0.25, 0.3) is 0 Å². The molecule has 94 valence electrons. The number of aromatic nitrogens is 1. The van der Waals surface area contributed by atoms with Crippen LogP contribution in [0.5, 0.6) is 0 Å². The Hall–Kier alpha value is -1.05. The lowest BCUT2D eigenvalue weighted by molar-refractivity contribution is 0.544. The van der Waals surface area contributed by atoms with E-state index in [2.05, 4.69) is 36.3 Å². The van der Waals surface area contributed by atoms with E-state index in [1.165, 1.54) is 43.4 Å². The van der Waals surface area contributed by atoms with Crippen LogP contribution in [0, 0.1) is 5.92 Å². The Morgan fingerprint density at radius 3 is 2.94 bits per heavy atom. The first-order valence-electron chi connectivity index (χ1n) is 6.98. The third kappa shape index (κ3) is 3.72. The second-order valence-corrected chi connectivity index (χ2v) is 5.47. The van der Waals surface area contributed by atoms with Gasteiger partial charge in [-0.3, -0.25) is 0 Å². The van der Waals surface area contributed by atoms with Crippen LogP contribution < -0.4 is 5.32 Å². The van der Waals surface area contributed by atoms with Gasteiger partial charge in [-0.05, 0) is 43.2 Å². The average molecular weight is 232 g/mol. The fourth-order valence-electron chi connectivity index (χ4n) is 2.41. The Morgan fingerprint density at radius 2 is 2.12 bits per heavy atom. The number of nitrogens with one attached hydrogen (secondary N) is 1. The van der Waals surface area contributed by atoms with Gasteiger partial charge in [0.1, 0.15) is 5.82 Å². The molecule has 0 amide bonds. The topological polar surface area (TPSA) is 24.9 Å². The largest absolute Gasteiger partial charge is 0.370 e. The molecular formula is C15H24N2. The van der Waals surface area contributed by atoms with Crippen molar-refractivity contribution >= 4 is 5.82 Å². The Labute approximate surface area is 105 Å². The summed E-state index contributed by atoms with van der Waals surface area (Å²) in [6.45, 7) is 5.63. The van der Waals surface area contributed by atoms with E-state index in [9.17, 15) is 0 Å². The van der Waals surface area contributed by atoms with Crippen molar-refractivity contribution in [3.05, 3.63) is 23.4 Å². The molecule has 0 bridgehead atoms. The summed E-state index contributed by atoms with van der Waals surface area (Å²) in [5.41, 5.74) is 2.77. The molecule has 1 heterocycles. The fraction of sp³-hybridized carbons (Fsp3) is 0.667. The highest BCUT2D eigenvalue weighted by molar-refractivity contribution is 5.40. The van der Waals surface area contributed by atoms with Gasteiger partial charge in [0.2, 0.25) is 0 Å². The van der Waals surface area contributed by atoms with Gasteiger partial charge in [0, 0.05) is 12.2 Å². The molecule has 0 radical (unpaired) electrons. The van der Waals surface area contributed by atoms with Crippen molar-refractivity contribution in [2.75, 3.05) is 11.9 Å². The third-order valence-electron chi connectivity index (χ3n) is 3.44. The maximum absolute atomic E-state index is 4.67. The van der Waals surface area contributed by atoms with Gasteiger partial charge in [-0.15, -0.1) is 0 Å². The van der Waals surface area contributed by atoms with E-state index in [4.69, 9.17) is 0 Å². The maximum Gasteiger partial charge on any atom is 0.126 e. The van der Waals surface area contributed by atoms with Crippen LogP contribution in [0.3, 0.4) is 0 Å². The van der Waals surface area contributed by atoms with E-state index < -0.39 is 0 Å². The highest BCUT2D eigenvalue weighted by Crippen LogP contribution is 2.21. The molecule has 0 saturated carbocycles. The summed E-state index contributed by atoms with van der Waals surface area (Å²) in [5, 5.41) is 3.44. The Morgan fingerprint density at radius 1 is 1.24 bits per heavy atom. The minimum absolute atomic E-state index is 0.827. The lowest BCUT2D eigenvalue weighted by Gasteiger charge is -2.08. The molecule has 17 heavy (non-hydrogen) atoms. The first-order valence-corrected chi connectivity index (χ1v) is 6.98. The zero-order chi connectivity index (χ0) is 12.1. The number of unbranched alkanes of at least 4 members (excludes halogenated alkanes) is 1. The Bertz CT molecular complexity index is 358. The average Bonchev–Trinajstić information content (AvgIpc) is 2.75. The number of pyridine rings is 1. The van der Waals surface area contributed by atoms with Crippen LogP contribution >= 0.6 is 0 Å². The highest BCUT2D eigenvalue weighted by Gasteiger charge is 2.11. The molecule has 2 heteroatoms. The summed E-state index contributed by atoms with van der Waals surface area (Å²) in [6.07, 6.45) is 7.56. The number of rotatable bonds is 6. The summed E-state index contributed by atoms with van der Waals surface area (Å²) in [6, 6.07) is 4.37. The second-order valence-electron chi connectivity index (χ2n) is 5.47. The summed E-state index contributed by atoms with van der Waals surface area (Å²) >= 11 is 0. The van der Waals surface area contributed by atoms with E-state index in [1.807, 2.05) is 0 Å². The van der Waals surface area contributed by atoms with Crippen molar-refractivity contribution in [1.29, 1.82) is 0 Å². The van der Waals surface area contributed by atoms with Gasteiger partial charge < -0.3 is 5.32 Å². The third-order valence-corrected chi connectivity index (χ3v) is 3.44. The summed E-state index contributed by atoms with van der Waals surface area (Å²) < 4.78 is 0. The molecule has 0 spiro atoms. The molecule has 2 nitrogen and oxygen atoms in total. The molecule has 0 aromatic carbocycles. The van der Waals surface area contributed by atoms with Gasteiger partial charge in [-0.2, -0.15) is 0 Å². The molecule has 1 aromatic rings. The predicted octanol–water partition coefficient (Wildman–Crippen LogP) is 3.81. The van der Waals surface area contributed by atoms with Crippen molar-refractivity contribution in [3.63, 3.8) is 0 Å². The summed E-state index contributed by atoms with van der Waals surface area (Å²) in [7, 11) is 0. The first-order chi connectivity index (χ1) is 8.25. The molecule has 0 unspecified atom stereocenters. The van der Waals surface area contributed by atoms with Crippen LogP contribution in [0.4, 0.5) is 5.82 Å². The number of nitrogens with zero attached hydrogens (tertiary/aromatic N) is 1. The molecule has 2 rings (SSSR count). The maximum atomic E-state index is 4.67. The quantitative estimate of drug-likeness (QED) is 0.754. The first kappa shape index (κ1) is 12.4. The van der Waals surface area contributed by atoms with Crippen LogP contribution in [0.15, 0.2) is 12.1 Å². The highest BCUT2D eigenvalue weighted by atomic mass is 15.0. The fourth-order valence-corrected chi connectivity index (χ4v) is 2.41. The molecule has 1 aromatic heterocycles. The van der Waals surface area contributed by atoms with Gasteiger partial charge in [-0.25, -0.2) is 4.98 Å². The van der Waals surface area contributed by atoms with E-state index in [0.29, 0.717) is 0 Å². The van der Waals surface area contributed by atoms with E-state index in [1.54, 1.807) is 0 Å². The molecular weight excluding hydrogens is 208 g/mol.